The van der Waals surface area contributed by atoms with Gasteiger partial charge in [-0.05, 0) is 30.7 Å². The highest BCUT2D eigenvalue weighted by Gasteiger charge is 2.40. The van der Waals surface area contributed by atoms with E-state index in [1.807, 2.05) is 45.9 Å². The number of amides is 1. The van der Waals surface area contributed by atoms with Crippen LogP contribution < -0.4 is 5.32 Å². The molecule has 3 atom stereocenters. The Labute approximate surface area is 193 Å². The summed E-state index contributed by atoms with van der Waals surface area (Å²) in [5.41, 5.74) is 2.98. The van der Waals surface area contributed by atoms with Gasteiger partial charge in [-0.15, -0.1) is 0 Å². The Balaban J connectivity index is 1.41. The first kappa shape index (κ1) is 20.2. The van der Waals surface area contributed by atoms with Crippen LogP contribution >= 0.6 is 0 Å². The average Bonchev–Trinajstić information content (AvgIpc) is 3.58. The quantitative estimate of drug-likeness (QED) is 0.505. The van der Waals surface area contributed by atoms with Crippen molar-refractivity contribution in [2.45, 2.75) is 23.4 Å². The second-order valence-corrected chi connectivity index (χ2v) is 9.84. The van der Waals surface area contributed by atoms with Gasteiger partial charge in [0.25, 0.3) is 5.91 Å². The van der Waals surface area contributed by atoms with E-state index < -0.39 is 10.8 Å². The van der Waals surface area contributed by atoms with Crippen LogP contribution in [0.1, 0.15) is 16.8 Å². The maximum Gasteiger partial charge on any atom is 0.254 e. The topological polar surface area (TPSA) is 93.0 Å². The minimum absolute atomic E-state index is 0.0317. The molecule has 8 nitrogen and oxygen atoms in total. The van der Waals surface area contributed by atoms with Crippen molar-refractivity contribution in [1.82, 2.24) is 29.7 Å². The number of nitrogens with zero attached hydrogens (tertiary/aromatic N) is 5. The van der Waals surface area contributed by atoms with Crippen molar-refractivity contribution in [2.24, 2.45) is 0 Å². The summed E-state index contributed by atoms with van der Waals surface area (Å²) < 4.78 is 14.2. The number of hydrogen-bond donors (Lipinski definition) is 1. The van der Waals surface area contributed by atoms with Crippen molar-refractivity contribution in [2.75, 3.05) is 19.3 Å². The van der Waals surface area contributed by atoms with E-state index in [1.54, 1.807) is 31.0 Å². The smallest absolute Gasteiger partial charge is 0.254 e. The van der Waals surface area contributed by atoms with Gasteiger partial charge in [-0.25, -0.2) is 9.97 Å². The molecule has 1 N–H and O–H groups in total. The molecule has 166 valence electrons. The number of aromatic nitrogens is 4. The fourth-order valence-electron chi connectivity index (χ4n) is 4.81. The first-order valence-electron chi connectivity index (χ1n) is 10.8. The van der Waals surface area contributed by atoms with Crippen molar-refractivity contribution in [1.29, 1.82) is 0 Å². The maximum absolute atomic E-state index is 13.3. The normalized spacial score (nSPS) is 20.5. The number of likely N-dealkylation sites (tertiary alicyclic amines) is 1. The first-order chi connectivity index (χ1) is 16.1. The van der Waals surface area contributed by atoms with Crippen molar-refractivity contribution in [3.63, 3.8) is 0 Å². The Hall–Kier alpha value is -3.43. The summed E-state index contributed by atoms with van der Waals surface area (Å²) in [7, 11) is -1.20. The molecule has 1 amide bonds. The number of rotatable bonds is 4. The van der Waals surface area contributed by atoms with Crippen LogP contribution in [0.15, 0.2) is 66.1 Å². The molecule has 5 heterocycles. The van der Waals surface area contributed by atoms with Crippen LogP contribution in [0.2, 0.25) is 0 Å². The second kappa shape index (κ2) is 7.86. The molecule has 0 aliphatic carbocycles. The lowest BCUT2D eigenvalue weighted by Gasteiger charge is -2.27. The molecule has 0 saturated carbocycles. The van der Waals surface area contributed by atoms with Gasteiger partial charge >= 0.3 is 0 Å². The third-order valence-corrected chi connectivity index (χ3v) is 7.40. The molecule has 2 bridgehead atoms. The Morgan fingerprint density at radius 3 is 2.67 bits per heavy atom. The molecule has 4 aromatic rings. The van der Waals surface area contributed by atoms with Gasteiger partial charge in [0.15, 0.2) is 0 Å². The number of fused-ring (bicyclic) bond motifs is 3. The van der Waals surface area contributed by atoms with E-state index in [9.17, 15) is 9.00 Å². The van der Waals surface area contributed by atoms with E-state index in [1.165, 1.54) is 0 Å². The monoisotopic (exact) mass is 458 g/mol. The van der Waals surface area contributed by atoms with Gasteiger partial charge in [0.05, 0.1) is 26.9 Å². The van der Waals surface area contributed by atoms with Gasteiger partial charge in [0.1, 0.15) is 0 Å². The largest absolute Gasteiger partial charge is 0.333 e. The summed E-state index contributed by atoms with van der Waals surface area (Å²) in [6.45, 7) is 1.59. The van der Waals surface area contributed by atoms with Crippen molar-refractivity contribution < 1.29 is 9.00 Å². The fourth-order valence-corrected chi connectivity index (χ4v) is 5.55. The van der Waals surface area contributed by atoms with Gasteiger partial charge < -0.3 is 10.2 Å². The third kappa shape index (κ3) is 3.44. The summed E-state index contributed by atoms with van der Waals surface area (Å²) in [6.07, 6.45) is 9.64. The highest BCUT2D eigenvalue weighted by molar-refractivity contribution is 7.84. The highest BCUT2D eigenvalue weighted by Crippen LogP contribution is 2.30. The van der Waals surface area contributed by atoms with Gasteiger partial charge in [0, 0.05) is 72.7 Å². The molecule has 2 fully saturated rings. The van der Waals surface area contributed by atoms with E-state index in [0.717, 1.165) is 41.7 Å². The minimum atomic E-state index is -1.20. The molecule has 1 unspecified atom stereocenters. The maximum atomic E-state index is 13.3. The Morgan fingerprint density at radius 1 is 1.15 bits per heavy atom. The molecule has 6 rings (SSSR count). The van der Waals surface area contributed by atoms with Crippen LogP contribution in [0.5, 0.6) is 0 Å². The Kier molecular flexibility index (Phi) is 4.81. The molecule has 33 heavy (non-hydrogen) atoms. The molecule has 1 aromatic carbocycles. The number of carbonyl (C=O) groups is 1. The molecule has 0 radical (unpaired) electrons. The van der Waals surface area contributed by atoms with Crippen LogP contribution in [0.3, 0.4) is 0 Å². The van der Waals surface area contributed by atoms with Gasteiger partial charge in [-0.2, -0.15) is 0 Å². The van der Waals surface area contributed by atoms with Gasteiger partial charge in [-0.3, -0.25) is 18.6 Å². The predicted molar refractivity (Wildman–Crippen MR) is 126 cm³/mol. The summed E-state index contributed by atoms with van der Waals surface area (Å²) >= 11 is 0. The zero-order chi connectivity index (χ0) is 22.5. The molecular formula is C24H22N6O2S. The van der Waals surface area contributed by atoms with E-state index in [0.29, 0.717) is 22.4 Å². The number of pyridine rings is 1. The lowest BCUT2D eigenvalue weighted by molar-refractivity contribution is 0.0716. The second-order valence-electron chi connectivity index (χ2n) is 8.49. The van der Waals surface area contributed by atoms with Crippen LogP contribution in [-0.4, -0.2) is 66.0 Å². The third-order valence-electron chi connectivity index (χ3n) is 6.46. The van der Waals surface area contributed by atoms with Gasteiger partial charge in [0.2, 0.25) is 5.95 Å². The van der Waals surface area contributed by atoms with Gasteiger partial charge in [-0.1, -0.05) is 12.1 Å². The number of carbonyl (C=O) groups excluding carboxylic acids is 1. The molecule has 3 aromatic heterocycles. The summed E-state index contributed by atoms with van der Waals surface area (Å²) in [5.74, 6) is 0.481. The van der Waals surface area contributed by atoms with E-state index in [4.69, 9.17) is 0 Å². The van der Waals surface area contributed by atoms with E-state index in [-0.39, 0.29) is 11.9 Å². The summed E-state index contributed by atoms with van der Waals surface area (Å²) in [5, 5.41) is 4.26. The van der Waals surface area contributed by atoms with Crippen molar-refractivity contribution >= 4 is 27.6 Å². The first-order valence-corrected chi connectivity index (χ1v) is 12.4. The minimum Gasteiger partial charge on any atom is -0.333 e. The van der Waals surface area contributed by atoms with Crippen molar-refractivity contribution in [3.05, 3.63) is 66.7 Å². The molecule has 9 heteroatoms. The molecule has 0 spiro atoms. The summed E-state index contributed by atoms with van der Waals surface area (Å²) in [4.78, 5) is 29.3. The lowest BCUT2D eigenvalue weighted by Crippen LogP contribution is -2.46. The average molecular weight is 459 g/mol. The van der Waals surface area contributed by atoms with E-state index in [2.05, 4.69) is 20.3 Å². The summed E-state index contributed by atoms with van der Waals surface area (Å²) in [6, 6.07) is 11.9. The Morgan fingerprint density at radius 2 is 2.00 bits per heavy atom. The van der Waals surface area contributed by atoms with Crippen LogP contribution in [0.25, 0.3) is 28.1 Å². The van der Waals surface area contributed by atoms with Crippen LogP contribution in [0, 0.1) is 0 Å². The fraction of sp³-hybridized carbons (Fsp3) is 0.250. The Bertz CT molecular complexity index is 1390. The van der Waals surface area contributed by atoms with E-state index >= 15 is 0 Å². The number of benzene rings is 1. The lowest BCUT2D eigenvalue weighted by atomic mass is 10.1. The number of piperazine rings is 1. The number of hydrogen-bond acceptors (Lipinski definition) is 6. The molecule has 2 saturated heterocycles. The van der Waals surface area contributed by atoms with Crippen molar-refractivity contribution in [3.8, 4) is 17.2 Å². The molecular weight excluding hydrogens is 436 g/mol. The zero-order valence-electron chi connectivity index (χ0n) is 18.0. The van der Waals surface area contributed by atoms with Crippen LogP contribution in [0.4, 0.5) is 0 Å². The standard InChI is InChI=1S/C24H22N6O2S/c1-33(32)22-14-30(24-27-10-16(11-28-24)20-4-2-3-7-25-20)21-8-15(5-6-19(21)22)23(31)29-13-17-9-18(29)12-26-17/h2-8,10-11,14,17-18,26H,9,12-13H2,1H3/t17-,18-,33?/m0/s1. The predicted octanol–water partition coefficient (Wildman–Crippen LogP) is 2.41. The van der Waals surface area contributed by atoms with Crippen LogP contribution in [-0.2, 0) is 10.8 Å². The SMILES string of the molecule is CS(=O)c1cn(-c2ncc(-c3ccccn3)cn2)c2cc(C(=O)N3C[C@@H]4C[C@H]3CN4)ccc12. The molecule has 2 aliphatic heterocycles. The number of nitrogens with one attached hydrogen (secondary N) is 1. The highest BCUT2D eigenvalue weighted by atomic mass is 32.2. The zero-order valence-corrected chi connectivity index (χ0v) is 18.8. The molecule has 2 aliphatic rings.